The second kappa shape index (κ2) is 7.66. The van der Waals surface area contributed by atoms with Crippen LogP contribution in [0.25, 0.3) is 6.08 Å². The monoisotopic (exact) mass is 437 g/mol. The average Bonchev–Trinajstić information content (AvgIpc) is 3.28. The lowest BCUT2D eigenvalue weighted by atomic mass is 9.99. The molecule has 0 amide bonds. The molecule has 3 heterocycles. The molecule has 160 valence electrons. The maximum Gasteiger partial charge on any atom is 0.231 e. The van der Waals surface area contributed by atoms with E-state index in [2.05, 4.69) is 0 Å². The fourth-order valence-electron chi connectivity index (χ4n) is 4.39. The van der Waals surface area contributed by atoms with Crippen molar-refractivity contribution in [2.45, 2.75) is 25.9 Å². The third kappa shape index (κ3) is 3.79. The Bertz CT molecular complexity index is 1210. The highest BCUT2D eigenvalue weighted by Gasteiger charge is 2.37. The van der Waals surface area contributed by atoms with Crippen LogP contribution < -0.4 is 9.47 Å². The third-order valence-corrected chi connectivity index (χ3v) is 7.78. The molecule has 5 rings (SSSR count). The Morgan fingerprint density at radius 1 is 1.16 bits per heavy atom. The van der Waals surface area contributed by atoms with Gasteiger partial charge in [-0.15, -0.1) is 0 Å². The van der Waals surface area contributed by atoms with Gasteiger partial charge in [0.25, 0.3) is 0 Å². The van der Waals surface area contributed by atoms with Crippen molar-refractivity contribution in [3.05, 3.63) is 76.6 Å². The molecule has 0 N–H and O–H groups in total. The van der Waals surface area contributed by atoms with Crippen molar-refractivity contribution in [1.29, 1.82) is 0 Å². The minimum atomic E-state index is -2.97. The Morgan fingerprint density at radius 3 is 2.71 bits per heavy atom. The fraction of sp³-hybridized carbons (Fsp3) is 0.292. The maximum atomic E-state index is 12.9. The Labute approximate surface area is 181 Å². The predicted octanol–water partition coefficient (Wildman–Crippen LogP) is 3.51. The zero-order chi connectivity index (χ0) is 21.6. The van der Waals surface area contributed by atoms with Crippen LogP contribution >= 0.6 is 0 Å². The maximum absolute atomic E-state index is 12.9. The van der Waals surface area contributed by atoms with Crippen LogP contribution in [-0.4, -0.2) is 43.4 Å². The van der Waals surface area contributed by atoms with Crippen LogP contribution in [0.5, 0.6) is 11.5 Å². The molecule has 3 aliphatic heterocycles. The number of ketones is 1. The minimum absolute atomic E-state index is 0.0442. The largest absolute Gasteiger partial charge is 0.477 e. The number of hydrogen-bond acceptors (Lipinski definition) is 6. The van der Waals surface area contributed by atoms with Crippen LogP contribution in [0, 0.1) is 6.92 Å². The van der Waals surface area contributed by atoms with Crippen molar-refractivity contribution < 1.29 is 22.7 Å². The first-order chi connectivity index (χ1) is 14.9. The number of carbonyl (C=O) groups is 1. The number of benzene rings is 2. The van der Waals surface area contributed by atoms with Crippen LogP contribution in [0.2, 0.25) is 0 Å². The summed E-state index contributed by atoms with van der Waals surface area (Å²) in [4.78, 5) is 15.0. The lowest BCUT2D eigenvalue weighted by Gasteiger charge is -2.33. The lowest BCUT2D eigenvalue weighted by Crippen LogP contribution is -2.41. The number of Topliss-reactive ketones (excluding diaryl/α,β-unsaturated/α-hetero) is 1. The molecule has 31 heavy (non-hydrogen) atoms. The smallest absolute Gasteiger partial charge is 0.231 e. The number of hydrogen-bond donors (Lipinski definition) is 0. The van der Waals surface area contributed by atoms with Crippen molar-refractivity contribution >= 4 is 21.7 Å². The summed E-state index contributed by atoms with van der Waals surface area (Å²) in [6.45, 7) is 2.79. The summed E-state index contributed by atoms with van der Waals surface area (Å²) >= 11 is 0. The van der Waals surface area contributed by atoms with Gasteiger partial charge in [0, 0.05) is 23.7 Å². The van der Waals surface area contributed by atoms with Crippen molar-refractivity contribution in [2.75, 3.05) is 18.2 Å². The number of carbonyl (C=O) groups excluding carboxylic acids is 1. The van der Waals surface area contributed by atoms with Gasteiger partial charge in [-0.3, -0.25) is 9.69 Å². The quantitative estimate of drug-likeness (QED) is 0.685. The number of ether oxygens (including phenoxy) is 2. The molecule has 0 radical (unpaired) electrons. The van der Waals surface area contributed by atoms with E-state index >= 15 is 0 Å². The molecule has 1 saturated heterocycles. The van der Waals surface area contributed by atoms with Gasteiger partial charge in [-0.25, -0.2) is 8.42 Å². The van der Waals surface area contributed by atoms with Crippen LogP contribution in [0.15, 0.2) is 54.3 Å². The first-order valence-electron chi connectivity index (χ1n) is 10.3. The Morgan fingerprint density at radius 2 is 1.97 bits per heavy atom. The summed E-state index contributed by atoms with van der Waals surface area (Å²) in [5.74, 6) is 1.79. The van der Waals surface area contributed by atoms with E-state index in [0.29, 0.717) is 31.0 Å². The Balaban J connectivity index is 1.39. The predicted molar refractivity (Wildman–Crippen MR) is 118 cm³/mol. The van der Waals surface area contributed by atoms with E-state index in [1.54, 1.807) is 6.08 Å². The van der Waals surface area contributed by atoms with Gasteiger partial charge in [0.05, 0.1) is 17.1 Å². The summed E-state index contributed by atoms with van der Waals surface area (Å²) in [6, 6.07) is 11.6. The van der Waals surface area contributed by atoms with E-state index in [0.717, 1.165) is 22.4 Å². The molecule has 0 aliphatic carbocycles. The molecule has 6 nitrogen and oxygen atoms in total. The molecule has 0 saturated carbocycles. The van der Waals surface area contributed by atoms with Crippen LogP contribution in [0.4, 0.5) is 0 Å². The molecule has 2 aromatic rings. The van der Waals surface area contributed by atoms with Gasteiger partial charge in [0.2, 0.25) is 5.78 Å². The van der Waals surface area contributed by atoms with Crippen molar-refractivity contribution in [3.63, 3.8) is 0 Å². The molecular formula is C24H23NO5S. The Kier molecular flexibility index (Phi) is 4.95. The van der Waals surface area contributed by atoms with Gasteiger partial charge in [-0.1, -0.05) is 42.5 Å². The minimum Gasteiger partial charge on any atom is -0.477 e. The first kappa shape index (κ1) is 20.0. The first-order valence-corrected chi connectivity index (χ1v) is 12.1. The molecule has 0 spiro atoms. The topological polar surface area (TPSA) is 72.9 Å². The van der Waals surface area contributed by atoms with Gasteiger partial charge in [0.15, 0.2) is 15.6 Å². The molecule has 0 bridgehead atoms. The van der Waals surface area contributed by atoms with Crippen molar-refractivity contribution in [3.8, 4) is 11.5 Å². The molecule has 7 heteroatoms. The normalized spacial score (nSPS) is 23.6. The average molecular weight is 438 g/mol. The highest BCUT2D eigenvalue weighted by molar-refractivity contribution is 7.91. The molecule has 1 unspecified atom stereocenters. The lowest BCUT2D eigenvalue weighted by molar-refractivity contribution is 0.0637. The summed E-state index contributed by atoms with van der Waals surface area (Å²) in [5.41, 5.74) is 3.26. The number of sulfone groups is 1. The Hall–Kier alpha value is -2.90. The second-order valence-corrected chi connectivity index (χ2v) is 10.4. The molecule has 1 atom stereocenters. The van der Waals surface area contributed by atoms with Crippen LogP contribution in [-0.2, 0) is 16.4 Å². The number of allylic oxidation sites excluding steroid dienone is 3. The third-order valence-electron chi connectivity index (χ3n) is 6.03. The summed E-state index contributed by atoms with van der Waals surface area (Å²) in [7, 11) is -2.97. The molecule has 0 aromatic heterocycles. The molecular weight excluding hydrogens is 414 g/mol. The van der Waals surface area contributed by atoms with E-state index in [1.807, 2.05) is 60.4 Å². The van der Waals surface area contributed by atoms with Gasteiger partial charge in [-0.05, 0) is 31.1 Å². The van der Waals surface area contributed by atoms with Crippen molar-refractivity contribution in [1.82, 2.24) is 4.90 Å². The zero-order valence-electron chi connectivity index (χ0n) is 17.2. The molecule has 1 fully saturated rings. The molecule has 3 aliphatic rings. The summed E-state index contributed by atoms with van der Waals surface area (Å²) in [5, 5.41) is 0. The van der Waals surface area contributed by atoms with Gasteiger partial charge in [0.1, 0.15) is 18.2 Å². The van der Waals surface area contributed by atoms with E-state index in [4.69, 9.17) is 9.47 Å². The van der Waals surface area contributed by atoms with Crippen LogP contribution in [0.3, 0.4) is 0 Å². The highest BCUT2D eigenvalue weighted by Crippen LogP contribution is 2.43. The van der Waals surface area contributed by atoms with E-state index in [1.165, 1.54) is 0 Å². The van der Waals surface area contributed by atoms with E-state index in [-0.39, 0.29) is 29.1 Å². The van der Waals surface area contributed by atoms with E-state index < -0.39 is 9.84 Å². The SMILES string of the molecule is Cc1c2c(cc3c1O/C(=C\C=C\c1ccccc1)C3=O)CN(C1CCS(=O)(=O)C1)CO2. The van der Waals surface area contributed by atoms with Gasteiger partial charge < -0.3 is 9.47 Å². The summed E-state index contributed by atoms with van der Waals surface area (Å²) in [6.07, 6.45) is 6.03. The summed E-state index contributed by atoms with van der Waals surface area (Å²) < 4.78 is 35.6. The number of fused-ring (bicyclic) bond motifs is 2. The molecule has 2 aromatic carbocycles. The van der Waals surface area contributed by atoms with Gasteiger partial charge >= 0.3 is 0 Å². The number of nitrogens with zero attached hydrogens (tertiary/aromatic N) is 1. The zero-order valence-corrected chi connectivity index (χ0v) is 18.0. The highest BCUT2D eigenvalue weighted by atomic mass is 32.2. The van der Waals surface area contributed by atoms with Crippen molar-refractivity contribution in [2.24, 2.45) is 0 Å². The van der Waals surface area contributed by atoms with Gasteiger partial charge in [-0.2, -0.15) is 0 Å². The fourth-order valence-corrected chi connectivity index (χ4v) is 6.15. The van der Waals surface area contributed by atoms with E-state index in [9.17, 15) is 13.2 Å². The standard InChI is InChI=1S/C24H23NO5S/c1-16-23-18(13-25(15-29-23)19-10-11-31(27,28)14-19)12-20-22(26)21(30-24(16)20)9-5-8-17-6-3-2-4-7-17/h2-9,12,19H,10-11,13-15H2,1H3/b8-5+,21-9-. The van der Waals surface area contributed by atoms with Crippen LogP contribution in [0.1, 0.15) is 33.5 Å². The second-order valence-electron chi connectivity index (χ2n) is 8.18. The number of rotatable bonds is 3.